The van der Waals surface area contributed by atoms with Crippen LogP contribution < -0.4 is 15.0 Å². The molecule has 0 saturated carbocycles. The van der Waals surface area contributed by atoms with Crippen molar-refractivity contribution < 1.29 is 18.7 Å². The van der Waals surface area contributed by atoms with E-state index in [0.717, 1.165) is 5.56 Å². The van der Waals surface area contributed by atoms with Crippen LogP contribution in [0.3, 0.4) is 0 Å². The Hall–Kier alpha value is -2.89. The number of benzene rings is 2. The van der Waals surface area contributed by atoms with Gasteiger partial charge in [0.2, 0.25) is 5.91 Å². The van der Waals surface area contributed by atoms with Crippen molar-refractivity contribution in [1.82, 2.24) is 5.32 Å². The summed E-state index contributed by atoms with van der Waals surface area (Å²) in [6, 6.07) is 11.6. The van der Waals surface area contributed by atoms with E-state index in [2.05, 4.69) is 5.32 Å². The Morgan fingerprint density at radius 3 is 2.80 bits per heavy atom. The van der Waals surface area contributed by atoms with Crippen molar-refractivity contribution in [2.24, 2.45) is 0 Å². The second-order valence-electron chi connectivity index (χ2n) is 6.00. The number of nitrogens with one attached hydrogen (secondary N) is 1. The summed E-state index contributed by atoms with van der Waals surface area (Å²) in [6.07, 6.45) is -0.528. The summed E-state index contributed by atoms with van der Waals surface area (Å²) in [6.45, 7) is 2.00. The Morgan fingerprint density at radius 2 is 2.04 bits per heavy atom. The third kappa shape index (κ3) is 3.63. The first kappa shape index (κ1) is 17.0. The van der Waals surface area contributed by atoms with E-state index in [1.165, 1.54) is 6.07 Å². The third-order valence-corrected chi connectivity index (χ3v) is 4.17. The highest BCUT2D eigenvalue weighted by Crippen LogP contribution is 2.33. The summed E-state index contributed by atoms with van der Waals surface area (Å²) in [5.74, 6) is -0.140. The summed E-state index contributed by atoms with van der Waals surface area (Å²) in [5.41, 5.74) is 1.86. The molecule has 2 aromatic carbocycles. The molecule has 130 valence electrons. The second-order valence-corrected chi connectivity index (χ2v) is 6.00. The predicted molar refractivity (Wildman–Crippen MR) is 91.9 cm³/mol. The Labute approximate surface area is 145 Å². The Kier molecular flexibility index (Phi) is 4.70. The van der Waals surface area contributed by atoms with Gasteiger partial charge >= 0.3 is 0 Å². The highest BCUT2D eigenvalue weighted by molar-refractivity contribution is 5.99. The van der Waals surface area contributed by atoms with Gasteiger partial charge in [0.05, 0.1) is 12.1 Å². The van der Waals surface area contributed by atoms with Crippen LogP contribution in [0.1, 0.15) is 18.1 Å². The van der Waals surface area contributed by atoms with Crippen LogP contribution in [0.4, 0.5) is 10.1 Å². The van der Waals surface area contributed by atoms with Gasteiger partial charge in [-0.05, 0) is 36.2 Å². The molecule has 1 atom stereocenters. The monoisotopic (exact) mass is 342 g/mol. The molecule has 0 spiro atoms. The zero-order valence-electron chi connectivity index (χ0n) is 14.1. The number of nitrogens with zero attached hydrogens (tertiary/aromatic N) is 1. The number of anilines is 1. The van der Waals surface area contributed by atoms with Crippen LogP contribution in [0.25, 0.3) is 0 Å². The molecular weight excluding hydrogens is 323 g/mol. The molecule has 1 unspecified atom stereocenters. The number of hydrogen-bond acceptors (Lipinski definition) is 3. The lowest BCUT2D eigenvalue weighted by atomic mass is 10.1. The maximum Gasteiger partial charge on any atom is 0.267 e. The molecule has 1 heterocycles. The molecule has 1 aliphatic heterocycles. The van der Waals surface area contributed by atoms with Gasteiger partial charge in [-0.15, -0.1) is 0 Å². The van der Waals surface area contributed by atoms with Gasteiger partial charge in [0, 0.05) is 13.6 Å². The quantitative estimate of drug-likeness (QED) is 0.928. The Balaban J connectivity index is 1.65. The summed E-state index contributed by atoms with van der Waals surface area (Å²) in [5, 5.41) is 2.77. The molecule has 0 aromatic heterocycles. The molecule has 3 rings (SSSR count). The Morgan fingerprint density at radius 1 is 1.28 bits per heavy atom. The molecule has 1 aliphatic rings. The zero-order valence-corrected chi connectivity index (χ0v) is 14.1. The van der Waals surface area contributed by atoms with Crippen LogP contribution in [0.5, 0.6) is 5.75 Å². The van der Waals surface area contributed by atoms with E-state index in [1.807, 2.05) is 12.1 Å². The number of amides is 2. The SMILES string of the molecule is CC1Oc2ccc(CNC(=O)Cc3ccccc3F)cc2N(C)C1=O. The number of ether oxygens (including phenoxy) is 1. The van der Waals surface area contributed by atoms with Gasteiger partial charge in [-0.1, -0.05) is 24.3 Å². The maximum atomic E-state index is 13.6. The predicted octanol–water partition coefficient (Wildman–Crippen LogP) is 2.43. The van der Waals surface area contributed by atoms with Crippen molar-refractivity contribution in [3.63, 3.8) is 0 Å². The van der Waals surface area contributed by atoms with Crippen molar-refractivity contribution in [3.05, 3.63) is 59.4 Å². The maximum absolute atomic E-state index is 13.6. The van der Waals surface area contributed by atoms with Crippen LogP contribution in [0.2, 0.25) is 0 Å². The Bertz CT molecular complexity index is 822. The average molecular weight is 342 g/mol. The largest absolute Gasteiger partial charge is 0.479 e. The number of hydrogen-bond donors (Lipinski definition) is 1. The van der Waals surface area contributed by atoms with Crippen LogP contribution >= 0.6 is 0 Å². The van der Waals surface area contributed by atoms with Gasteiger partial charge in [-0.3, -0.25) is 9.59 Å². The minimum absolute atomic E-state index is 0.0172. The van der Waals surface area contributed by atoms with Gasteiger partial charge < -0.3 is 15.0 Å². The summed E-state index contributed by atoms with van der Waals surface area (Å²) < 4.78 is 19.1. The van der Waals surface area contributed by atoms with Crippen molar-refractivity contribution in [2.75, 3.05) is 11.9 Å². The van der Waals surface area contributed by atoms with E-state index >= 15 is 0 Å². The lowest BCUT2D eigenvalue weighted by molar-refractivity contribution is -0.125. The molecule has 1 N–H and O–H groups in total. The van der Waals surface area contributed by atoms with Crippen molar-refractivity contribution in [3.8, 4) is 5.75 Å². The fourth-order valence-electron chi connectivity index (χ4n) is 2.74. The number of carbonyl (C=O) groups excluding carboxylic acids is 2. The van der Waals surface area contributed by atoms with Crippen LogP contribution in [0.15, 0.2) is 42.5 Å². The van der Waals surface area contributed by atoms with E-state index in [0.29, 0.717) is 17.0 Å². The lowest BCUT2D eigenvalue weighted by Gasteiger charge is -2.30. The van der Waals surface area contributed by atoms with Gasteiger partial charge in [0.25, 0.3) is 5.91 Å². The summed E-state index contributed by atoms with van der Waals surface area (Å²) in [4.78, 5) is 25.6. The van der Waals surface area contributed by atoms with E-state index in [4.69, 9.17) is 4.74 Å². The number of rotatable bonds is 4. The number of halogens is 1. The zero-order chi connectivity index (χ0) is 18.0. The molecule has 2 amide bonds. The van der Waals surface area contributed by atoms with Crippen molar-refractivity contribution in [1.29, 1.82) is 0 Å². The van der Waals surface area contributed by atoms with Gasteiger partial charge in [0.15, 0.2) is 6.10 Å². The molecule has 5 nitrogen and oxygen atoms in total. The van der Waals surface area contributed by atoms with E-state index in [9.17, 15) is 14.0 Å². The standard InChI is InChI=1S/C19H19FN2O3/c1-12-19(24)22(2)16-9-13(7-8-17(16)25-12)11-21-18(23)10-14-5-3-4-6-15(14)20/h3-9,12H,10-11H2,1-2H3,(H,21,23). The van der Waals surface area contributed by atoms with Crippen LogP contribution in [-0.2, 0) is 22.6 Å². The minimum atomic E-state index is -0.510. The summed E-state index contributed by atoms with van der Waals surface area (Å²) in [7, 11) is 1.70. The molecular formula is C19H19FN2O3. The van der Waals surface area contributed by atoms with Crippen LogP contribution in [0, 0.1) is 5.82 Å². The fourth-order valence-corrected chi connectivity index (χ4v) is 2.74. The second kappa shape index (κ2) is 6.93. The fraction of sp³-hybridized carbons (Fsp3) is 0.263. The number of likely N-dealkylation sites (N-methyl/N-ethyl adjacent to an activating group) is 1. The van der Waals surface area contributed by atoms with E-state index in [1.54, 1.807) is 43.1 Å². The van der Waals surface area contributed by atoms with Crippen molar-refractivity contribution in [2.45, 2.75) is 26.0 Å². The van der Waals surface area contributed by atoms with Crippen LogP contribution in [-0.4, -0.2) is 25.0 Å². The number of fused-ring (bicyclic) bond motifs is 1. The third-order valence-electron chi connectivity index (χ3n) is 4.17. The molecule has 0 saturated heterocycles. The normalized spacial score (nSPS) is 16.2. The number of carbonyl (C=O) groups is 2. The van der Waals surface area contributed by atoms with E-state index < -0.39 is 11.9 Å². The molecule has 25 heavy (non-hydrogen) atoms. The van der Waals surface area contributed by atoms with Gasteiger partial charge in [-0.25, -0.2) is 4.39 Å². The first-order chi connectivity index (χ1) is 12.0. The minimum Gasteiger partial charge on any atom is -0.479 e. The first-order valence-electron chi connectivity index (χ1n) is 8.03. The van der Waals surface area contributed by atoms with Gasteiger partial charge in [-0.2, -0.15) is 0 Å². The smallest absolute Gasteiger partial charge is 0.267 e. The van der Waals surface area contributed by atoms with Gasteiger partial charge in [0.1, 0.15) is 11.6 Å². The molecule has 6 heteroatoms. The molecule has 0 aliphatic carbocycles. The molecule has 0 radical (unpaired) electrons. The molecule has 0 bridgehead atoms. The average Bonchev–Trinajstić information content (AvgIpc) is 2.60. The highest BCUT2D eigenvalue weighted by Gasteiger charge is 2.28. The molecule has 0 fully saturated rings. The molecule has 2 aromatic rings. The highest BCUT2D eigenvalue weighted by atomic mass is 19.1. The topological polar surface area (TPSA) is 58.6 Å². The summed E-state index contributed by atoms with van der Waals surface area (Å²) >= 11 is 0. The first-order valence-corrected chi connectivity index (χ1v) is 8.03. The van der Waals surface area contributed by atoms with E-state index in [-0.39, 0.29) is 24.8 Å². The lowest BCUT2D eigenvalue weighted by Crippen LogP contribution is -2.42. The van der Waals surface area contributed by atoms with Crippen molar-refractivity contribution >= 4 is 17.5 Å².